The van der Waals surface area contributed by atoms with E-state index in [9.17, 15) is 14.4 Å². The summed E-state index contributed by atoms with van der Waals surface area (Å²) in [6.07, 6.45) is 6.26. The number of nitrogens with zero attached hydrogens (tertiary/aromatic N) is 1. The summed E-state index contributed by atoms with van der Waals surface area (Å²) in [5.41, 5.74) is 0.501. The molecule has 2 N–H and O–H groups in total. The van der Waals surface area contributed by atoms with Crippen LogP contribution in [0.2, 0.25) is 5.02 Å². The van der Waals surface area contributed by atoms with E-state index in [-0.39, 0.29) is 30.8 Å². The van der Waals surface area contributed by atoms with Gasteiger partial charge in [0, 0.05) is 13.5 Å². The SMILES string of the molecule is CN(CC(=O)Nc1ccccc1Cl)C(=O)CNC(=O)CC1CCCCC1. The third kappa shape index (κ3) is 6.67. The average Bonchev–Trinajstić information content (AvgIpc) is 2.62. The van der Waals surface area contributed by atoms with Gasteiger partial charge >= 0.3 is 0 Å². The smallest absolute Gasteiger partial charge is 0.244 e. The van der Waals surface area contributed by atoms with Crippen LogP contribution in [-0.2, 0) is 14.4 Å². The molecule has 1 aliphatic rings. The highest BCUT2D eigenvalue weighted by molar-refractivity contribution is 6.33. The topological polar surface area (TPSA) is 78.5 Å². The van der Waals surface area contributed by atoms with Crippen molar-refractivity contribution in [1.29, 1.82) is 0 Å². The number of nitrogens with one attached hydrogen (secondary N) is 2. The Hall–Kier alpha value is -2.08. The fraction of sp³-hybridized carbons (Fsp3) is 0.526. The van der Waals surface area contributed by atoms with Crippen LogP contribution in [0.15, 0.2) is 24.3 Å². The lowest BCUT2D eigenvalue weighted by Crippen LogP contribution is -2.41. The van der Waals surface area contributed by atoms with Crippen molar-refractivity contribution >= 4 is 35.0 Å². The number of amides is 3. The lowest BCUT2D eigenvalue weighted by molar-refractivity contribution is -0.134. The summed E-state index contributed by atoms with van der Waals surface area (Å²) in [5.74, 6) is -0.323. The van der Waals surface area contributed by atoms with Crippen molar-refractivity contribution in [3.8, 4) is 0 Å². The molecule has 26 heavy (non-hydrogen) atoms. The standard InChI is InChI=1S/C19H26ClN3O3/c1-23(13-18(25)22-16-10-6-5-9-15(16)20)19(26)12-21-17(24)11-14-7-3-2-4-8-14/h5-6,9-10,14H,2-4,7-8,11-13H2,1H3,(H,21,24)(H,22,25). The number of hydrogen-bond acceptors (Lipinski definition) is 3. The summed E-state index contributed by atoms with van der Waals surface area (Å²) in [5, 5.41) is 5.76. The van der Waals surface area contributed by atoms with Gasteiger partial charge in [-0.1, -0.05) is 43.0 Å². The first-order valence-electron chi connectivity index (χ1n) is 9.00. The molecule has 7 heteroatoms. The highest BCUT2D eigenvalue weighted by Crippen LogP contribution is 2.26. The second-order valence-corrected chi connectivity index (χ2v) is 7.17. The van der Waals surface area contributed by atoms with Gasteiger partial charge in [-0.25, -0.2) is 0 Å². The summed E-state index contributed by atoms with van der Waals surface area (Å²) < 4.78 is 0. The molecule has 0 heterocycles. The molecular formula is C19H26ClN3O3. The number of carbonyl (C=O) groups excluding carboxylic acids is 3. The highest BCUT2D eigenvalue weighted by Gasteiger charge is 2.18. The summed E-state index contributed by atoms with van der Waals surface area (Å²) >= 11 is 5.99. The third-order valence-electron chi connectivity index (χ3n) is 4.59. The Bertz CT molecular complexity index is 645. The summed E-state index contributed by atoms with van der Waals surface area (Å²) in [6.45, 7) is -0.204. The minimum absolute atomic E-state index is 0.0958. The maximum atomic E-state index is 12.1. The van der Waals surface area contributed by atoms with Crippen molar-refractivity contribution in [1.82, 2.24) is 10.2 Å². The van der Waals surface area contributed by atoms with E-state index in [0.717, 1.165) is 12.8 Å². The molecule has 0 atom stereocenters. The van der Waals surface area contributed by atoms with E-state index >= 15 is 0 Å². The number of likely N-dealkylation sites (N-methyl/N-ethyl adjacent to an activating group) is 1. The van der Waals surface area contributed by atoms with Gasteiger partial charge in [-0.2, -0.15) is 0 Å². The Morgan fingerprint density at radius 1 is 1.12 bits per heavy atom. The number of para-hydroxylation sites is 1. The lowest BCUT2D eigenvalue weighted by atomic mass is 9.87. The first-order chi connectivity index (χ1) is 12.5. The molecule has 1 aromatic carbocycles. The molecular weight excluding hydrogens is 354 g/mol. The first-order valence-corrected chi connectivity index (χ1v) is 9.38. The lowest BCUT2D eigenvalue weighted by Gasteiger charge is -2.21. The second-order valence-electron chi connectivity index (χ2n) is 6.76. The minimum atomic E-state index is -0.345. The highest BCUT2D eigenvalue weighted by atomic mass is 35.5. The molecule has 3 amide bonds. The molecule has 0 unspecified atom stereocenters. The first kappa shape index (κ1) is 20.2. The number of hydrogen-bond donors (Lipinski definition) is 2. The number of benzene rings is 1. The van der Waals surface area contributed by atoms with Crippen molar-refractivity contribution in [2.75, 3.05) is 25.5 Å². The molecule has 6 nitrogen and oxygen atoms in total. The number of halogens is 1. The van der Waals surface area contributed by atoms with Gasteiger partial charge in [-0.15, -0.1) is 0 Å². The molecule has 0 aliphatic heterocycles. The number of carbonyl (C=O) groups is 3. The molecule has 0 saturated heterocycles. The third-order valence-corrected chi connectivity index (χ3v) is 4.92. The molecule has 1 fully saturated rings. The van der Waals surface area contributed by atoms with Crippen molar-refractivity contribution in [3.63, 3.8) is 0 Å². The van der Waals surface area contributed by atoms with Crippen LogP contribution in [0.3, 0.4) is 0 Å². The fourth-order valence-electron chi connectivity index (χ4n) is 3.09. The van der Waals surface area contributed by atoms with E-state index in [2.05, 4.69) is 10.6 Å². The van der Waals surface area contributed by atoms with Crippen LogP contribution in [0.4, 0.5) is 5.69 Å². The molecule has 1 saturated carbocycles. The van der Waals surface area contributed by atoms with Gasteiger partial charge in [0.15, 0.2) is 0 Å². The number of rotatable bonds is 7. The van der Waals surface area contributed by atoms with Gasteiger partial charge in [-0.05, 0) is 30.9 Å². The van der Waals surface area contributed by atoms with Crippen LogP contribution in [0.1, 0.15) is 38.5 Å². The molecule has 0 radical (unpaired) electrons. The normalized spacial score (nSPS) is 14.5. The van der Waals surface area contributed by atoms with Crippen LogP contribution in [0.25, 0.3) is 0 Å². The number of anilines is 1. The van der Waals surface area contributed by atoms with Crippen molar-refractivity contribution in [2.24, 2.45) is 5.92 Å². The minimum Gasteiger partial charge on any atom is -0.347 e. The van der Waals surface area contributed by atoms with E-state index in [0.29, 0.717) is 23.0 Å². The molecule has 0 spiro atoms. The van der Waals surface area contributed by atoms with Crippen molar-refractivity contribution in [3.05, 3.63) is 29.3 Å². The van der Waals surface area contributed by atoms with Gasteiger partial charge in [0.25, 0.3) is 0 Å². The largest absolute Gasteiger partial charge is 0.347 e. The Balaban J connectivity index is 1.70. The predicted molar refractivity (Wildman–Crippen MR) is 102 cm³/mol. The van der Waals surface area contributed by atoms with Gasteiger partial charge in [0.1, 0.15) is 0 Å². The quantitative estimate of drug-likeness (QED) is 0.764. The van der Waals surface area contributed by atoms with E-state index in [1.807, 2.05) is 0 Å². The van der Waals surface area contributed by atoms with Gasteiger partial charge in [-0.3, -0.25) is 14.4 Å². The summed E-state index contributed by atoms with van der Waals surface area (Å²) in [4.78, 5) is 37.4. The van der Waals surface area contributed by atoms with E-state index < -0.39 is 0 Å². The maximum Gasteiger partial charge on any atom is 0.244 e. The predicted octanol–water partition coefficient (Wildman–Crippen LogP) is 2.82. The van der Waals surface area contributed by atoms with E-state index in [1.54, 1.807) is 24.3 Å². The monoisotopic (exact) mass is 379 g/mol. The molecule has 2 rings (SSSR count). The van der Waals surface area contributed by atoms with Crippen molar-refractivity contribution < 1.29 is 14.4 Å². The maximum absolute atomic E-state index is 12.1. The second kappa shape index (κ2) is 10.2. The molecule has 1 aliphatic carbocycles. The van der Waals surface area contributed by atoms with Crippen LogP contribution in [0, 0.1) is 5.92 Å². The molecule has 1 aromatic rings. The average molecular weight is 380 g/mol. The zero-order chi connectivity index (χ0) is 18.9. The van der Waals surface area contributed by atoms with Crippen molar-refractivity contribution in [2.45, 2.75) is 38.5 Å². The summed E-state index contributed by atoms with van der Waals surface area (Å²) in [7, 11) is 1.53. The Kier molecular flexibility index (Phi) is 7.91. The Morgan fingerprint density at radius 2 is 1.81 bits per heavy atom. The molecule has 0 bridgehead atoms. The van der Waals surface area contributed by atoms with Crippen LogP contribution in [-0.4, -0.2) is 42.8 Å². The van der Waals surface area contributed by atoms with Gasteiger partial charge in [0.05, 0.1) is 23.8 Å². The molecule has 0 aromatic heterocycles. The van der Waals surface area contributed by atoms with Crippen LogP contribution >= 0.6 is 11.6 Å². The van der Waals surface area contributed by atoms with E-state index in [1.165, 1.54) is 31.2 Å². The Morgan fingerprint density at radius 3 is 2.50 bits per heavy atom. The van der Waals surface area contributed by atoms with Gasteiger partial charge in [0.2, 0.25) is 17.7 Å². The van der Waals surface area contributed by atoms with Crippen LogP contribution in [0.5, 0.6) is 0 Å². The van der Waals surface area contributed by atoms with Crippen LogP contribution < -0.4 is 10.6 Å². The van der Waals surface area contributed by atoms with Gasteiger partial charge < -0.3 is 15.5 Å². The zero-order valence-electron chi connectivity index (χ0n) is 15.1. The zero-order valence-corrected chi connectivity index (χ0v) is 15.8. The molecule has 142 valence electrons. The van der Waals surface area contributed by atoms with E-state index in [4.69, 9.17) is 11.6 Å². The Labute approximate surface area is 159 Å². The fourth-order valence-corrected chi connectivity index (χ4v) is 3.27. The summed E-state index contributed by atoms with van der Waals surface area (Å²) in [6, 6.07) is 6.89.